The number of allylic oxidation sites excluding steroid dienone is 1. The highest BCUT2D eigenvalue weighted by Gasteiger charge is 2.23. The molecule has 25 heavy (non-hydrogen) atoms. The summed E-state index contributed by atoms with van der Waals surface area (Å²) in [5, 5.41) is 2.93. The van der Waals surface area contributed by atoms with Gasteiger partial charge in [0.05, 0.1) is 0 Å². The van der Waals surface area contributed by atoms with E-state index >= 15 is 0 Å². The van der Waals surface area contributed by atoms with E-state index in [4.69, 9.17) is 0 Å². The first-order valence-corrected chi connectivity index (χ1v) is 10.6. The van der Waals surface area contributed by atoms with Gasteiger partial charge in [-0.05, 0) is 41.2 Å². The van der Waals surface area contributed by atoms with Gasteiger partial charge in [0.2, 0.25) is 0 Å². The molecule has 0 aliphatic heterocycles. The van der Waals surface area contributed by atoms with Gasteiger partial charge in [-0.3, -0.25) is 0 Å². The van der Waals surface area contributed by atoms with Crippen LogP contribution in [0.5, 0.6) is 0 Å². The second-order valence-electron chi connectivity index (χ2n) is 7.72. The van der Waals surface area contributed by atoms with Gasteiger partial charge in [-0.15, -0.1) is 0 Å². The molecule has 0 N–H and O–H groups in total. The summed E-state index contributed by atoms with van der Waals surface area (Å²) in [5.41, 5.74) is 4.74. The van der Waals surface area contributed by atoms with E-state index in [0.29, 0.717) is 5.92 Å². The van der Waals surface area contributed by atoms with Crippen LogP contribution in [0.25, 0.3) is 16.8 Å². The van der Waals surface area contributed by atoms with Gasteiger partial charge in [-0.2, -0.15) is 0 Å². The van der Waals surface area contributed by atoms with Crippen molar-refractivity contribution in [2.75, 3.05) is 0 Å². The van der Waals surface area contributed by atoms with Crippen molar-refractivity contribution in [1.82, 2.24) is 0 Å². The molecule has 0 heterocycles. The van der Waals surface area contributed by atoms with E-state index in [1.807, 2.05) is 0 Å². The summed E-state index contributed by atoms with van der Waals surface area (Å²) in [5.74, 6) is 0.650. The van der Waals surface area contributed by atoms with Crippen molar-refractivity contribution in [3.63, 3.8) is 0 Å². The Hall–Kier alpha value is -1.56. The molecule has 0 nitrogen and oxygen atoms in total. The van der Waals surface area contributed by atoms with Crippen LogP contribution >= 0.6 is 0 Å². The van der Waals surface area contributed by atoms with Crippen LogP contribution < -0.4 is 0 Å². The second-order valence-corrected chi connectivity index (χ2v) is 7.72. The molecule has 134 valence electrons. The molecule has 2 aromatic rings. The molecule has 0 aromatic heterocycles. The highest BCUT2D eigenvalue weighted by atomic mass is 14.3. The average Bonchev–Trinajstić information content (AvgIpc) is 2.64. The Morgan fingerprint density at radius 1 is 0.760 bits per heavy atom. The predicted octanol–water partition coefficient (Wildman–Crippen LogP) is 8.26. The molecule has 0 saturated carbocycles. The quantitative estimate of drug-likeness (QED) is 0.383. The van der Waals surface area contributed by atoms with Gasteiger partial charge >= 0.3 is 0 Å². The average molecular weight is 335 g/mol. The van der Waals surface area contributed by atoms with E-state index in [1.54, 1.807) is 11.1 Å². The van der Waals surface area contributed by atoms with E-state index < -0.39 is 0 Å². The summed E-state index contributed by atoms with van der Waals surface area (Å²) >= 11 is 0. The van der Waals surface area contributed by atoms with Gasteiger partial charge in [0.15, 0.2) is 0 Å². The third-order valence-corrected chi connectivity index (χ3v) is 5.80. The summed E-state index contributed by atoms with van der Waals surface area (Å²) in [4.78, 5) is 0. The highest BCUT2D eigenvalue weighted by molar-refractivity contribution is 5.96. The fourth-order valence-corrected chi connectivity index (χ4v) is 4.43. The minimum Gasteiger partial charge on any atom is -0.0654 e. The molecule has 0 fully saturated rings. The lowest BCUT2D eigenvalue weighted by molar-refractivity contribution is 0.571. The number of unbranched alkanes of at least 4 members (excludes halogenated alkanes) is 6. The molecular weight excluding hydrogens is 300 g/mol. The van der Waals surface area contributed by atoms with Crippen LogP contribution in [-0.4, -0.2) is 0 Å². The molecule has 2 aromatic carbocycles. The van der Waals surface area contributed by atoms with E-state index in [2.05, 4.69) is 56.3 Å². The predicted molar refractivity (Wildman–Crippen MR) is 112 cm³/mol. The number of rotatable bonds is 10. The molecule has 0 heteroatoms. The smallest absolute Gasteiger partial charge is 0.00578 e. The third-order valence-electron chi connectivity index (χ3n) is 5.80. The van der Waals surface area contributed by atoms with Crippen molar-refractivity contribution in [1.29, 1.82) is 0 Å². The molecule has 0 amide bonds. The fourth-order valence-electron chi connectivity index (χ4n) is 4.43. The zero-order valence-electron chi connectivity index (χ0n) is 16.2. The van der Waals surface area contributed by atoms with Crippen molar-refractivity contribution >= 4 is 16.8 Å². The molecule has 1 atom stereocenters. The molecule has 1 aliphatic carbocycles. The van der Waals surface area contributed by atoms with Crippen LogP contribution in [0.4, 0.5) is 0 Å². The normalized spacial score (nSPS) is 16.2. The van der Waals surface area contributed by atoms with Crippen molar-refractivity contribution in [3.05, 3.63) is 53.1 Å². The molecular formula is C25H34. The number of hydrogen-bond donors (Lipinski definition) is 0. The topological polar surface area (TPSA) is 0 Å². The van der Waals surface area contributed by atoms with Gasteiger partial charge < -0.3 is 0 Å². The lowest BCUT2D eigenvalue weighted by Gasteiger charge is -2.28. The summed E-state index contributed by atoms with van der Waals surface area (Å²) in [6.07, 6.45) is 16.0. The molecule has 0 saturated heterocycles. The Labute approximate surface area is 154 Å². The van der Waals surface area contributed by atoms with Gasteiger partial charge in [0.1, 0.15) is 0 Å². The first kappa shape index (κ1) is 18.2. The SMILES string of the molecule is CCCCCCC1=Cc2cccc3cccc(c23)C1CCCCCC. The fraction of sp³-hybridized carbons (Fsp3) is 0.520. The number of hydrogen-bond acceptors (Lipinski definition) is 0. The van der Waals surface area contributed by atoms with Crippen LogP contribution in [0.2, 0.25) is 0 Å². The van der Waals surface area contributed by atoms with Crippen molar-refractivity contribution in [3.8, 4) is 0 Å². The van der Waals surface area contributed by atoms with E-state index in [-0.39, 0.29) is 0 Å². The Bertz CT molecular complexity index is 702. The maximum atomic E-state index is 2.53. The zero-order valence-corrected chi connectivity index (χ0v) is 16.2. The number of benzene rings is 2. The Kier molecular flexibility index (Phi) is 6.73. The van der Waals surface area contributed by atoms with Crippen LogP contribution in [-0.2, 0) is 0 Å². The van der Waals surface area contributed by atoms with E-state index in [0.717, 1.165) is 0 Å². The van der Waals surface area contributed by atoms with Crippen LogP contribution in [0.15, 0.2) is 42.0 Å². The summed E-state index contributed by atoms with van der Waals surface area (Å²) < 4.78 is 0. The molecule has 0 spiro atoms. The summed E-state index contributed by atoms with van der Waals surface area (Å²) in [6.45, 7) is 4.60. The standard InChI is InChI=1S/C25H34/c1-3-5-7-9-13-21-19-22-16-11-14-20-15-12-18-24(25(20)22)23(21)17-10-8-6-4-2/h11-12,14-16,18-19,23H,3-10,13,17H2,1-2H3. The third kappa shape index (κ3) is 4.35. The highest BCUT2D eigenvalue weighted by Crippen LogP contribution is 2.43. The summed E-state index contributed by atoms with van der Waals surface area (Å²) in [7, 11) is 0. The first-order valence-electron chi connectivity index (χ1n) is 10.6. The van der Waals surface area contributed by atoms with Crippen molar-refractivity contribution in [2.24, 2.45) is 0 Å². The minimum absolute atomic E-state index is 0.650. The largest absolute Gasteiger partial charge is 0.0654 e. The molecule has 0 bridgehead atoms. The van der Waals surface area contributed by atoms with Crippen LogP contribution in [0.3, 0.4) is 0 Å². The molecule has 1 aliphatic rings. The van der Waals surface area contributed by atoms with Crippen molar-refractivity contribution in [2.45, 2.75) is 84.0 Å². The Morgan fingerprint density at radius 2 is 1.48 bits per heavy atom. The summed E-state index contributed by atoms with van der Waals surface area (Å²) in [6, 6.07) is 13.7. The lowest BCUT2D eigenvalue weighted by atomic mass is 9.76. The zero-order chi connectivity index (χ0) is 17.5. The van der Waals surface area contributed by atoms with Crippen LogP contribution in [0, 0.1) is 0 Å². The Morgan fingerprint density at radius 3 is 2.24 bits per heavy atom. The first-order chi connectivity index (χ1) is 12.3. The maximum absolute atomic E-state index is 2.53. The lowest BCUT2D eigenvalue weighted by Crippen LogP contribution is -2.09. The maximum Gasteiger partial charge on any atom is 0.00578 e. The molecule has 0 radical (unpaired) electrons. The van der Waals surface area contributed by atoms with Crippen LogP contribution in [0.1, 0.15) is 95.1 Å². The van der Waals surface area contributed by atoms with E-state index in [9.17, 15) is 0 Å². The second kappa shape index (κ2) is 9.22. The minimum atomic E-state index is 0.650. The Balaban J connectivity index is 1.85. The van der Waals surface area contributed by atoms with Gasteiger partial charge in [-0.25, -0.2) is 0 Å². The molecule has 3 rings (SSSR count). The monoisotopic (exact) mass is 334 g/mol. The van der Waals surface area contributed by atoms with Gasteiger partial charge in [0, 0.05) is 5.92 Å². The van der Waals surface area contributed by atoms with Gasteiger partial charge in [-0.1, -0.05) is 107 Å². The molecule has 1 unspecified atom stereocenters. The van der Waals surface area contributed by atoms with E-state index in [1.165, 1.54) is 80.5 Å². The van der Waals surface area contributed by atoms with Gasteiger partial charge in [0.25, 0.3) is 0 Å². The van der Waals surface area contributed by atoms with Crippen molar-refractivity contribution < 1.29 is 0 Å².